The Hall–Kier alpha value is -1.04. The molecule has 0 radical (unpaired) electrons. The smallest absolute Gasteiger partial charge is 0.348 e. The van der Waals surface area contributed by atoms with Gasteiger partial charge in [0, 0.05) is 19.9 Å². The third-order valence-electron chi connectivity index (χ3n) is 2.77. The van der Waals surface area contributed by atoms with Crippen LogP contribution in [-0.2, 0) is 6.42 Å². The normalized spacial score (nSPS) is 10.7. The van der Waals surface area contributed by atoms with E-state index < -0.39 is 5.97 Å². The van der Waals surface area contributed by atoms with Crippen LogP contribution >= 0.6 is 38.9 Å². The summed E-state index contributed by atoms with van der Waals surface area (Å²) in [4.78, 5) is 12.2. The van der Waals surface area contributed by atoms with Gasteiger partial charge in [-0.1, -0.05) is 40.5 Å². The summed E-state index contributed by atoms with van der Waals surface area (Å²) in [5, 5.41) is 9.78. The molecule has 2 rings (SSSR count). The number of rotatable bonds is 3. The Labute approximate surface area is 128 Å². The van der Waals surface area contributed by atoms with Crippen LogP contribution in [0.25, 0.3) is 10.4 Å². The van der Waals surface area contributed by atoms with Crippen LogP contribution in [-0.4, -0.2) is 11.1 Å². The van der Waals surface area contributed by atoms with Crippen molar-refractivity contribution in [3.05, 3.63) is 38.1 Å². The second-order valence-corrected chi connectivity index (χ2v) is 6.25. The van der Waals surface area contributed by atoms with Gasteiger partial charge in [0.15, 0.2) is 0 Å². The maximum atomic E-state index is 11.2. The molecule has 0 fully saturated rings. The zero-order valence-electron chi connectivity index (χ0n) is 10.0. The molecule has 1 aromatic heterocycles. The van der Waals surface area contributed by atoms with Crippen LogP contribution in [0.3, 0.4) is 0 Å². The van der Waals surface area contributed by atoms with Crippen LogP contribution in [0.1, 0.15) is 22.2 Å². The van der Waals surface area contributed by atoms with Gasteiger partial charge < -0.3 is 10.8 Å². The summed E-state index contributed by atoms with van der Waals surface area (Å²) in [6.07, 6.45) is 0.681. The molecule has 3 nitrogen and oxygen atoms in total. The van der Waals surface area contributed by atoms with Gasteiger partial charge in [0.05, 0.1) is 5.69 Å². The molecule has 6 heteroatoms. The average Bonchev–Trinajstić information content (AvgIpc) is 2.66. The van der Waals surface area contributed by atoms with Gasteiger partial charge >= 0.3 is 5.97 Å². The maximum absolute atomic E-state index is 11.2. The Balaban J connectivity index is 2.68. The second-order valence-electron chi connectivity index (χ2n) is 3.94. The number of carboxylic acid groups (broad SMARTS) is 1. The largest absolute Gasteiger partial charge is 0.477 e. The van der Waals surface area contributed by atoms with Crippen molar-refractivity contribution in [2.45, 2.75) is 13.3 Å². The van der Waals surface area contributed by atoms with Crippen LogP contribution in [0.2, 0.25) is 5.02 Å². The quantitative estimate of drug-likeness (QED) is 0.835. The minimum atomic E-state index is -0.992. The van der Waals surface area contributed by atoms with Gasteiger partial charge in [-0.2, -0.15) is 0 Å². The zero-order chi connectivity index (χ0) is 14.2. The molecule has 2 aromatic rings. The van der Waals surface area contributed by atoms with Crippen LogP contribution in [0.15, 0.2) is 22.7 Å². The number of anilines is 1. The summed E-state index contributed by atoms with van der Waals surface area (Å²) in [6, 6.07) is 5.42. The maximum Gasteiger partial charge on any atom is 0.348 e. The number of carboxylic acids is 1. The average molecular weight is 361 g/mol. The number of thiophene rings is 1. The fourth-order valence-corrected chi connectivity index (χ4v) is 4.08. The number of aromatic carboxylic acids is 1. The summed E-state index contributed by atoms with van der Waals surface area (Å²) in [6.45, 7) is 1.96. The molecule has 0 aliphatic heterocycles. The predicted octanol–water partition coefficient (Wildman–Crippen LogP) is 4.67. The number of halogens is 2. The van der Waals surface area contributed by atoms with Gasteiger partial charge in [0.1, 0.15) is 4.88 Å². The van der Waals surface area contributed by atoms with Gasteiger partial charge in [0.2, 0.25) is 0 Å². The van der Waals surface area contributed by atoms with Crippen molar-refractivity contribution in [3.8, 4) is 10.4 Å². The van der Waals surface area contributed by atoms with Gasteiger partial charge in [-0.25, -0.2) is 4.79 Å². The number of benzene rings is 1. The molecule has 1 aromatic carbocycles. The van der Waals surface area contributed by atoms with Crippen LogP contribution < -0.4 is 5.73 Å². The fraction of sp³-hybridized carbons (Fsp3) is 0.154. The summed E-state index contributed by atoms with van der Waals surface area (Å²) in [5.41, 5.74) is 8.05. The minimum Gasteiger partial charge on any atom is -0.477 e. The number of carbonyl (C=O) groups is 1. The molecular weight excluding hydrogens is 350 g/mol. The van der Waals surface area contributed by atoms with Gasteiger partial charge in [0.25, 0.3) is 0 Å². The SMILES string of the molecule is CCc1c(-c2ccc(Cl)cc2Br)sc(C(=O)O)c1N. The lowest BCUT2D eigenvalue weighted by atomic mass is 10.1. The van der Waals surface area contributed by atoms with Crippen molar-refractivity contribution < 1.29 is 9.90 Å². The topological polar surface area (TPSA) is 63.3 Å². The van der Waals surface area contributed by atoms with Crippen molar-refractivity contribution >= 4 is 50.5 Å². The van der Waals surface area contributed by atoms with Gasteiger partial charge in [-0.15, -0.1) is 11.3 Å². The first kappa shape index (κ1) is 14.4. The molecule has 1 heterocycles. The van der Waals surface area contributed by atoms with Crippen LogP contribution in [0, 0.1) is 0 Å². The molecular formula is C13H11BrClNO2S. The first-order chi connectivity index (χ1) is 8.95. The van der Waals surface area contributed by atoms with Crippen LogP contribution in [0.4, 0.5) is 5.69 Å². The van der Waals surface area contributed by atoms with Crippen molar-refractivity contribution in [2.75, 3.05) is 5.73 Å². The van der Waals surface area contributed by atoms with Crippen molar-refractivity contribution in [3.63, 3.8) is 0 Å². The summed E-state index contributed by atoms with van der Waals surface area (Å²) < 4.78 is 0.827. The fourth-order valence-electron chi connectivity index (χ4n) is 1.88. The molecule has 0 aliphatic rings. The summed E-state index contributed by atoms with van der Waals surface area (Å²) in [5.74, 6) is -0.992. The lowest BCUT2D eigenvalue weighted by Crippen LogP contribution is -1.99. The van der Waals surface area contributed by atoms with E-state index in [1.165, 1.54) is 11.3 Å². The van der Waals surface area contributed by atoms with E-state index in [-0.39, 0.29) is 4.88 Å². The molecule has 0 saturated heterocycles. The number of nitrogens with two attached hydrogens (primary N) is 1. The Kier molecular flexibility index (Phi) is 4.18. The molecule has 0 saturated carbocycles. The summed E-state index contributed by atoms with van der Waals surface area (Å²) >= 11 is 10.6. The highest BCUT2D eigenvalue weighted by atomic mass is 79.9. The van der Waals surface area contributed by atoms with Gasteiger partial charge in [-0.05, 0) is 24.1 Å². The molecule has 0 unspecified atom stereocenters. The molecule has 0 atom stereocenters. The molecule has 100 valence electrons. The Morgan fingerprint density at radius 3 is 2.74 bits per heavy atom. The second kappa shape index (κ2) is 5.53. The van der Waals surface area contributed by atoms with Crippen molar-refractivity contribution in [2.24, 2.45) is 0 Å². The van der Waals surface area contributed by atoms with Crippen LogP contribution in [0.5, 0.6) is 0 Å². The highest BCUT2D eigenvalue weighted by Gasteiger charge is 2.21. The molecule has 0 amide bonds. The van der Waals surface area contributed by atoms with E-state index in [9.17, 15) is 4.79 Å². The Morgan fingerprint density at radius 2 is 2.21 bits per heavy atom. The standard InChI is InChI=1S/C13H11BrClNO2S/c1-2-7-10(16)12(13(17)18)19-11(7)8-4-3-6(15)5-9(8)14/h3-5H,2,16H2,1H3,(H,17,18). The molecule has 3 N–H and O–H groups in total. The number of nitrogen functional groups attached to an aromatic ring is 1. The highest BCUT2D eigenvalue weighted by Crippen LogP contribution is 2.42. The number of hydrogen-bond acceptors (Lipinski definition) is 3. The van der Waals surface area contributed by atoms with E-state index in [4.69, 9.17) is 22.4 Å². The lowest BCUT2D eigenvalue weighted by molar-refractivity contribution is 0.0703. The molecule has 19 heavy (non-hydrogen) atoms. The summed E-state index contributed by atoms with van der Waals surface area (Å²) in [7, 11) is 0. The van der Waals surface area contributed by atoms with Gasteiger partial charge in [-0.3, -0.25) is 0 Å². The monoisotopic (exact) mass is 359 g/mol. The van der Waals surface area contributed by atoms with Crippen molar-refractivity contribution in [1.29, 1.82) is 0 Å². The first-order valence-corrected chi connectivity index (χ1v) is 7.54. The lowest BCUT2D eigenvalue weighted by Gasteiger charge is -2.05. The van der Waals surface area contributed by atoms with E-state index in [0.29, 0.717) is 17.1 Å². The van der Waals surface area contributed by atoms with E-state index in [2.05, 4.69) is 15.9 Å². The highest BCUT2D eigenvalue weighted by molar-refractivity contribution is 9.10. The Morgan fingerprint density at radius 1 is 1.53 bits per heavy atom. The first-order valence-electron chi connectivity index (χ1n) is 5.55. The predicted molar refractivity (Wildman–Crippen MR) is 83.2 cm³/mol. The molecule has 0 bridgehead atoms. The zero-order valence-corrected chi connectivity index (χ0v) is 13.2. The van der Waals surface area contributed by atoms with E-state index in [1.807, 2.05) is 13.0 Å². The van der Waals surface area contributed by atoms with E-state index >= 15 is 0 Å². The van der Waals surface area contributed by atoms with E-state index in [0.717, 1.165) is 20.5 Å². The van der Waals surface area contributed by atoms with E-state index in [1.54, 1.807) is 12.1 Å². The third kappa shape index (κ3) is 2.63. The molecule has 0 spiro atoms. The minimum absolute atomic E-state index is 0.189. The Bertz CT molecular complexity index is 654. The number of hydrogen-bond donors (Lipinski definition) is 2. The van der Waals surface area contributed by atoms with Crippen molar-refractivity contribution in [1.82, 2.24) is 0 Å². The molecule has 0 aliphatic carbocycles. The third-order valence-corrected chi connectivity index (χ3v) is 4.93.